The molecule has 2 fully saturated rings. The van der Waals surface area contributed by atoms with E-state index >= 15 is 0 Å². The van der Waals surface area contributed by atoms with E-state index in [1.807, 2.05) is 6.07 Å². The molecule has 2 aliphatic rings. The molecule has 1 N–H and O–H groups in total. The van der Waals surface area contributed by atoms with Crippen LogP contribution in [-0.2, 0) is 9.47 Å². The van der Waals surface area contributed by atoms with Crippen LogP contribution in [0.1, 0.15) is 44.2 Å². The van der Waals surface area contributed by atoms with Crippen molar-refractivity contribution in [1.29, 1.82) is 5.26 Å². The molecule has 6 heteroatoms. The Morgan fingerprint density at radius 1 is 1.24 bits per heavy atom. The summed E-state index contributed by atoms with van der Waals surface area (Å²) in [5, 5.41) is 12.1. The summed E-state index contributed by atoms with van der Waals surface area (Å²) < 4.78 is 12.1. The number of rotatable bonds is 3. The van der Waals surface area contributed by atoms with E-state index in [0.29, 0.717) is 24.7 Å². The summed E-state index contributed by atoms with van der Waals surface area (Å²) in [6.07, 6.45) is 9.92. The molecule has 1 spiro atoms. The summed E-state index contributed by atoms with van der Waals surface area (Å²) >= 11 is 0. The predicted octanol–water partition coefficient (Wildman–Crippen LogP) is 2.23. The summed E-state index contributed by atoms with van der Waals surface area (Å²) in [5.41, 5.74) is 0.306. The van der Waals surface area contributed by atoms with E-state index in [2.05, 4.69) is 15.3 Å². The van der Waals surface area contributed by atoms with Crippen molar-refractivity contribution in [3.8, 4) is 6.07 Å². The third-order valence-electron chi connectivity index (χ3n) is 4.08. The van der Waals surface area contributed by atoms with Crippen LogP contribution in [0.25, 0.3) is 0 Å². The van der Waals surface area contributed by atoms with Gasteiger partial charge in [-0.1, -0.05) is 12.8 Å². The van der Waals surface area contributed by atoms with Crippen molar-refractivity contribution in [2.45, 2.75) is 50.4 Å². The van der Waals surface area contributed by atoms with Crippen molar-refractivity contribution < 1.29 is 9.47 Å². The molecule has 1 aliphatic heterocycles. The third-order valence-corrected chi connectivity index (χ3v) is 4.08. The van der Waals surface area contributed by atoms with Crippen LogP contribution in [0.2, 0.25) is 0 Å². The van der Waals surface area contributed by atoms with Crippen molar-refractivity contribution in [3.05, 3.63) is 18.1 Å². The van der Waals surface area contributed by atoms with E-state index < -0.39 is 0 Å². The minimum atomic E-state index is -0.372. The highest BCUT2D eigenvalue weighted by atomic mass is 16.7. The molecule has 112 valence electrons. The van der Waals surface area contributed by atoms with Gasteiger partial charge in [0.2, 0.25) is 0 Å². The Morgan fingerprint density at radius 3 is 2.76 bits per heavy atom. The van der Waals surface area contributed by atoms with E-state index in [-0.39, 0.29) is 11.9 Å². The molecule has 1 saturated carbocycles. The molecule has 0 amide bonds. The van der Waals surface area contributed by atoms with Gasteiger partial charge in [-0.2, -0.15) is 5.26 Å². The van der Waals surface area contributed by atoms with Crippen LogP contribution in [0.3, 0.4) is 0 Å². The second-order valence-electron chi connectivity index (χ2n) is 5.62. The summed E-state index contributed by atoms with van der Waals surface area (Å²) in [6.45, 7) is 1.17. The zero-order valence-corrected chi connectivity index (χ0v) is 12.0. The zero-order valence-electron chi connectivity index (χ0n) is 12.0. The van der Waals surface area contributed by atoms with E-state index in [4.69, 9.17) is 14.7 Å². The van der Waals surface area contributed by atoms with Gasteiger partial charge in [-0.25, -0.2) is 9.97 Å². The Bertz CT molecular complexity index is 521. The zero-order chi connectivity index (χ0) is 14.5. The van der Waals surface area contributed by atoms with Gasteiger partial charge in [-0.15, -0.1) is 0 Å². The molecule has 2 heterocycles. The lowest BCUT2D eigenvalue weighted by Gasteiger charge is -2.26. The molecule has 1 saturated heterocycles. The lowest BCUT2D eigenvalue weighted by Crippen LogP contribution is -2.31. The standard InChI is InChI=1S/C15H20N4O2/c16-9-13-14(18-8-7-17-13)19-10-12-11-20-15(21-12)5-3-1-2-4-6-15/h7-8,12H,1-6,10-11H2,(H,18,19)/t12-/m0/s1. The SMILES string of the molecule is N#Cc1nccnc1NC[C@H]1COC2(CCCCCC2)O1. The van der Waals surface area contributed by atoms with Crippen LogP contribution >= 0.6 is 0 Å². The largest absolute Gasteiger partial charge is 0.365 e. The number of aromatic nitrogens is 2. The first-order valence-corrected chi connectivity index (χ1v) is 7.58. The van der Waals surface area contributed by atoms with E-state index in [0.717, 1.165) is 12.8 Å². The van der Waals surface area contributed by atoms with Crippen molar-refractivity contribution in [3.63, 3.8) is 0 Å². The highest BCUT2D eigenvalue weighted by Crippen LogP contribution is 2.36. The topological polar surface area (TPSA) is 80.1 Å². The van der Waals surface area contributed by atoms with Crippen molar-refractivity contribution in [1.82, 2.24) is 9.97 Å². The van der Waals surface area contributed by atoms with E-state index in [1.54, 1.807) is 6.20 Å². The maximum Gasteiger partial charge on any atom is 0.182 e. The molecular formula is C15H20N4O2. The van der Waals surface area contributed by atoms with Gasteiger partial charge in [0.15, 0.2) is 17.3 Å². The summed E-state index contributed by atoms with van der Waals surface area (Å²) in [7, 11) is 0. The summed E-state index contributed by atoms with van der Waals surface area (Å²) in [6, 6.07) is 2.03. The lowest BCUT2D eigenvalue weighted by molar-refractivity contribution is -0.174. The van der Waals surface area contributed by atoms with Gasteiger partial charge in [-0.05, 0) is 12.8 Å². The molecule has 0 aromatic carbocycles. The molecule has 21 heavy (non-hydrogen) atoms. The Balaban J connectivity index is 1.56. The quantitative estimate of drug-likeness (QED) is 0.918. The number of hydrogen-bond acceptors (Lipinski definition) is 6. The van der Waals surface area contributed by atoms with Gasteiger partial charge < -0.3 is 14.8 Å². The number of nitrogens with zero attached hydrogens (tertiary/aromatic N) is 3. The van der Waals surface area contributed by atoms with Crippen molar-refractivity contribution in [2.24, 2.45) is 0 Å². The van der Waals surface area contributed by atoms with Crippen LogP contribution in [0.5, 0.6) is 0 Å². The maximum atomic E-state index is 8.99. The van der Waals surface area contributed by atoms with Gasteiger partial charge in [-0.3, -0.25) is 0 Å². The monoisotopic (exact) mass is 288 g/mol. The predicted molar refractivity (Wildman–Crippen MR) is 76.5 cm³/mol. The Kier molecular flexibility index (Phi) is 4.32. The first kappa shape index (κ1) is 14.2. The fourth-order valence-electron chi connectivity index (χ4n) is 3.01. The minimum absolute atomic E-state index is 0.00310. The average Bonchev–Trinajstić information content (AvgIpc) is 2.77. The molecule has 3 rings (SSSR count). The number of nitriles is 1. The first-order valence-electron chi connectivity index (χ1n) is 7.58. The molecule has 0 bridgehead atoms. The van der Waals surface area contributed by atoms with Crippen LogP contribution in [-0.4, -0.2) is 35.0 Å². The normalized spacial score (nSPS) is 24.4. The highest BCUT2D eigenvalue weighted by molar-refractivity contribution is 5.46. The van der Waals surface area contributed by atoms with Gasteiger partial charge in [0.05, 0.1) is 6.61 Å². The fraction of sp³-hybridized carbons (Fsp3) is 0.667. The molecule has 0 unspecified atom stereocenters. The number of hydrogen-bond donors (Lipinski definition) is 1. The average molecular weight is 288 g/mol. The van der Waals surface area contributed by atoms with Crippen molar-refractivity contribution in [2.75, 3.05) is 18.5 Å². The minimum Gasteiger partial charge on any atom is -0.365 e. The van der Waals surface area contributed by atoms with Crippen molar-refractivity contribution >= 4 is 5.82 Å². The lowest BCUT2D eigenvalue weighted by atomic mass is 10.1. The van der Waals surface area contributed by atoms with Crippen LogP contribution in [0.15, 0.2) is 12.4 Å². The van der Waals surface area contributed by atoms with E-state index in [9.17, 15) is 0 Å². The highest BCUT2D eigenvalue weighted by Gasteiger charge is 2.41. The van der Waals surface area contributed by atoms with Gasteiger partial charge in [0.1, 0.15) is 12.2 Å². The van der Waals surface area contributed by atoms with Crippen LogP contribution in [0, 0.1) is 11.3 Å². The summed E-state index contributed by atoms with van der Waals surface area (Å²) in [4.78, 5) is 8.12. The first-order chi connectivity index (χ1) is 10.3. The number of ether oxygens (including phenoxy) is 2. The molecular weight excluding hydrogens is 268 g/mol. The molecule has 1 atom stereocenters. The maximum absolute atomic E-state index is 8.99. The van der Waals surface area contributed by atoms with Crippen LogP contribution < -0.4 is 5.32 Å². The Labute approximate surface area is 124 Å². The van der Waals surface area contributed by atoms with Crippen LogP contribution in [0.4, 0.5) is 5.82 Å². The number of anilines is 1. The summed E-state index contributed by atoms with van der Waals surface area (Å²) in [5.74, 6) is 0.133. The van der Waals surface area contributed by atoms with Gasteiger partial charge in [0, 0.05) is 31.8 Å². The second kappa shape index (κ2) is 6.37. The smallest absolute Gasteiger partial charge is 0.182 e. The van der Waals surface area contributed by atoms with Gasteiger partial charge >= 0.3 is 0 Å². The third kappa shape index (κ3) is 3.31. The van der Waals surface area contributed by atoms with E-state index in [1.165, 1.54) is 31.9 Å². The second-order valence-corrected chi connectivity index (χ2v) is 5.62. The fourth-order valence-corrected chi connectivity index (χ4v) is 3.01. The Hall–Kier alpha value is -1.71. The molecule has 1 aromatic rings. The Morgan fingerprint density at radius 2 is 2.00 bits per heavy atom. The molecule has 1 aromatic heterocycles. The number of nitrogens with one attached hydrogen (secondary N) is 1. The van der Waals surface area contributed by atoms with Gasteiger partial charge in [0.25, 0.3) is 0 Å². The molecule has 0 radical (unpaired) electrons. The molecule has 6 nitrogen and oxygen atoms in total. The molecule has 1 aliphatic carbocycles.